The standard InChI is InChI=1S/C18H18F2N6OS/c19-12-4-1-5-13(20)14(12)18-25-15(16(21)28-18)17(27)24-10-7-23-26(9-10)11-3-2-6-22-8-11/h1,4-5,7,9,11,22H,2-3,6,8,21H2,(H,24,27). The van der Waals surface area contributed by atoms with Gasteiger partial charge in [-0.1, -0.05) is 17.4 Å². The fraction of sp³-hybridized carbons (Fsp3) is 0.278. The highest BCUT2D eigenvalue weighted by Crippen LogP contribution is 2.33. The fourth-order valence-electron chi connectivity index (χ4n) is 3.16. The molecular weight excluding hydrogens is 386 g/mol. The number of nitrogens with one attached hydrogen (secondary N) is 2. The molecule has 0 saturated carbocycles. The fourth-order valence-corrected chi connectivity index (χ4v) is 4.03. The average Bonchev–Trinajstić information content (AvgIpc) is 3.29. The van der Waals surface area contributed by atoms with Crippen molar-refractivity contribution in [3.8, 4) is 10.6 Å². The summed E-state index contributed by atoms with van der Waals surface area (Å²) in [7, 11) is 0. The molecule has 1 amide bonds. The second-order valence-electron chi connectivity index (χ2n) is 6.49. The summed E-state index contributed by atoms with van der Waals surface area (Å²) in [5, 5.41) is 10.4. The van der Waals surface area contributed by atoms with Gasteiger partial charge in [-0.15, -0.1) is 0 Å². The Labute approximate surface area is 163 Å². The minimum atomic E-state index is -0.761. The normalized spacial score (nSPS) is 16.9. The van der Waals surface area contributed by atoms with Crippen molar-refractivity contribution in [2.45, 2.75) is 18.9 Å². The number of nitrogens with zero attached hydrogens (tertiary/aromatic N) is 3. The van der Waals surface area contributed by atoms with Crippen LogP contribution in [0.4, 0.5) is 19.5 Å². The monoisotopic (exact) mass is 404 g/mol. The first kappa shape index (κ1) is 18.5. The molecule has 1 atom stereocenters. The average molecular weight is 404 g/mol. The lowest BCUT2D eigenvalue weighted by molar-refractivity contribution is 0.102. The molecule has 3 aromatic rings. The van der Waals surface area contributed by atoms with E-state index in [2.05, 4.69) is 20.7 Å². The number of hydrogen-bond acceptors (Lipinski definition) is 6. The molecule has 1 fully saturated rings. The van der Waals surface area contributed by atoms with Gasteiger partial charge in [0.1, 0.15) is 21.6 Å². The van der Waals surface area contributed by atoms with Crippen LogP contribution in [0.3, 0.4) is 0 Å². The minimum absolute atomic E-state index is 0.0159. The molecule has 4 N–H and O–H groups in total. The quantitative estimate of drug-likeness (QED) is 0.621. The topological polar surface area (TPSA) is 97.9 Å². The van der Waals surface area contributed by atoms with Gasteiger partial charge in [0.25, 0.3) is 5.91 Å². The van der Waals surface area contributed by atoms with Crippen LogP contribution in [-0.4, -0.2) is 33.8 Å². The van der Waals surface area contributed by atoms with Crippen molar-refractivity contribution < 1.29 is 13.6 Å². The number of piperidine rings is 1. The van der Waals surface area contributed by atoms with E-state index in [9.17, 15) is 13.6 Å². The summed E-state index contributed by atoms with van der Waals surface area (Å²) in [6, 6.07) is 3.76. The summed E-state index contributed by atoms with van der Waals surface area (Å²) < 4.78 is 29.8. The Kier molecular flexibility index (Phi) is 5.05. The van der Waals surface area contributed by atoms with Gasteiger partial charge in [0.2, 0.25) is 0 Å². The van der Waals surface area contributed by atoms with E-state index in [0.717, 1.165) is 49.4 Å². The molecule has 4 rings (SSSR count). The van der Waals surface area contributed by atoms with Crippen LogP contribution in [0.15, 0.2) is 30.6 Å². The molecule has 1 aliphatic rings. The molecule has 1 aromatic carbocycles. The number of carbonyl (C=O) groups is 1. The Morgan fingerprint density at radius 3 is 2.86 bits per heavy atom. The van der Waals surface area contributed by atoms with Crippen LogP contribution in [0, 0.1) is 11.6 Å². The zero-order chi connectivity index (χ0) is 19.7. The van der Waals surface area contributed by atoms with Crippen LogP contribution in [-0.2, 0) is 0 Å². The Bertz CT molecular complexity index is 991. The van der Waals surface area contributed by atoms with Gasteiger partial charge in [0.05, 0.1) is 23.5 Å². The molecule has 0 bridgehead atoms. The molecule has 1 unspecified atom stereocenters. The summed E-state index contributed by atoms with van der Waals surface area (Å²) in [5.74, 6) is -2.08. The predicted octanol–water partition coefficient (Wildman–Crippen LogP) is 3.04. The molecule has 0 spiro atoms. The number of nitrogens with two attached hydrogens (primary N) is 1. The third-order valence-corrected chi connectivity index (χ3v) is 5.45. The van der Waals surface area contributed by atoms with E-state index in [0.29, 0.717) is 5.69 Å². The van der Waals surface area contributed by atoms with E-state index in [1.807, 2.05) is 4.68 Å². The van der Waals surface area contributed by atoms with E-state index in [4.69, 9.17) is 5.73 Å². The molecule has 0 radical (unpaired) electrons. The Morgan fingerprint density at radius 1 is 1.36 bits per heavy atom. The maximum atomic E-state index is 14.0. The maximum absolute atomic E-state index is 14.0. The van der Waals surface area contributed by atoms with Gasteiger partial charge in [0.15, 0.2) is 5.69 Å². The molecular formula is C18H18F2N6OS. The molecule has 10 heteroatoms. The van der Waals surface area contributed by atoms with Gasteiger partial charge >= 0.3 is 0 Å². The number of hydrogen-bond donors (Lipinski definition) is 3. The highest BCUT2D eigenvalue weighted by Gasteiger charge is 2.22. The van der Waals surface area contributed by atoms with Crippen molar-refractivity contribution in [2.24, 2.45) is 0 Å². The number of anilines is 2. The van der Waals surface area contributed by atoms with Crippen LogP contribution >= 0.6 is 11.3 Å². The highest BCUT2D eigenvalue weighted by atomic mass is 32.1. The number of aromatic nitrogens is 3. The first-order valence-electron chi connectivity index (χ1n) is 8.80. The van der Waals surface area contributed by atoms with Crippen molar-refractivity contribution >= 4 is 27.9 Å². The first-order valence-corrected chi connectivity index (χ1v) is 9.61. The summed E-state index contributed by atoms with van der Waals surface area (Å²) in [4.78, 5) is 16.6. The Morgan fingerprint density at radius 2 is 2.14 bits per heavy atom. The van der Waals surface area contributed by atoms with Gasteiger partial charge in [0, 0.05) is 12.7 Å². The minimum Gasteiger partial charge on any atom is -0.389 e. The number of halogens is 2. The lowest BCUT2D eigenvalue weighted by atomic mass is 10.1. The van der Waals surface area contributed by atoms with E-state index in [1.165, 1.54) is 6.07 Å². The molecule has 3 heterocycles. The second kappa shape index (κ2) is 7.64. The van der Waals surface area contributed by atoms with E-state index in [-0.39, 0.29) is 27.3 Å². The summed E-state index contributed by atoms with van der Waals surface area (Å²) in [6.45, 7) is 1.82. The molecule has 1 saturated heterocycles. The number of thiazole rings is 1. The second-order valence-corrected chi connectivity index (χ2v) is 7.52. The molecule has 1 aliphatic heterocycles. The summed E-state index contributed by atoms with van der Waals surface area (Å²) >= 11 is 0.859. The lowest BCUT2D eigenvalue weighted by Crippen LogP contribution is -2.31. The molecule has 2 aromatic heterocycles. The number of rotatable bonds is 4. The lowest BCUT2D eigenvalue weighted by Gasteiger charge is -2.22. The predicted molar refractivity (Wildman–Crippen MR) is 103 cm³/mol. The van der Waals surface area contributed by atoms with Gasteiger partial charge < -0.3 is 16.4 Å². The first-order chi connectivity index (χ1) is 13.5. The smallest absolute Gasteiger partial charge is 0.277 e. The van der Waals surface area contributed by atoms with Crippen molar-refractivity contribution in [2.75, 3.05) is 24.1 Å². The van der Waals surface area contributed by atoms with Crippen LogP contribution < -0.4 is 16.4 Å². The van der Waals surface area contributed by atoms with Gasteiger partial charge in [-0.3, -0.25) is 9.48 Å². The van der Waals surface area contributed by atoms with Gasteiger partial charge in [-0.25, -0.2) is 13.8 Å². The van der Waals surface area contributed by atoms with Crippen LogP contribution in [0.25, 0.3) is 10.6 Å². The zero-order valence-corrected chi connectivity index (χ0v) is 15.6. The summed E-state index contributed by atoms with van der Waals surface area (Å²) in [6.07, 6.45) is 5.37. The van der Waals surface area contributed by atoms with Crippen molar-refractivity contribution in [3.05, 3.63) is 47.9 Å². The molecule has 28 heavy (non-hydrogen) atoms. The molecule has 0 aliphatic carbocycles. The number of amides is 1. The number of nitrogen functional groups attached to an aromatic ring is 1. The van der Waals surface area contributed by atoms with Crippen molar-refractivity contribution in [1.29, 1.82) is 0 Å². The SMILES string of the molecule is Nc1sc(-c2c(F)cccc2F)nc1C(=O)Nc1cnn(C2CCCNC2)c1. The molecule has 146 valence electrons. The largest absolute Gasteiger partial charge is 0.389 e. The third-order valence-electron chi connectivity index (χ3n) is 4.55. The summed E-state index contributed by atoms with van der Waals surface area (Å²) in [5.41, 5.74) is 6.01. The molecule has 7 nitrogen and oxygen atoms in total. The third kappa shape index (κ3) is 3.60. The number of carbonyl (C=O) groups excluding carboxylic acids is 1. The number of benzene rings is 1. The maximum Gasteiger partial charge on any atom is 0.277 e. The van der Waals surface area contributed by atoms with Gasteiger partial charge in [-0.05, 0) is 31.5 Å². The van der Waals surface area contributed by atoms with E-state index in [1.54, 1.807) is 12.4 Å². The van der Waals surface area contributed by atoms with Crippen LogP contribution in [0.2, 0.25) is 0 Å². The zero-order valence-electron chi connectivity index (χ0n) is 14.8. The van der Waals surface area contributed by atoms with Crippen LogP contribution in [0.1, 0.15) is 29.4 Å². The van der Waals surface area contributed by atoms with E-state index < -0.39 is 17.5 Å². The Hall–Kier alpha value is -2.85. The van der Waals surface area contributed by atoms with Crippen LogP contribution in [0.5, 0.6) is 0 Å². The Balaban J connectivity index is 1.53. The van der Waals surface area contributed by atoms with E-state index >= 15 is 0 Å². The van der Waals surface area contributed by atoms with Crippen molar-refractivity contribution in [3.63, 3.8) is 0 Å². The highest BCUT2D eigenvalue weighted by molar-refractivity contribution is 7.19. The van der Waals surface area contributed by atoms with Crippen molar-refractivity contribution in [1.82, 2.24) is 20.1 Å². The van der Waals surface area contributed by atoms with Gasteiger partial charge in [-0.2, -0.15) is 5.10 Å².